The van der Waals surface area contributed by atoms with Crippen molar-refractivity contribution in [2.45, 2.75) is 26.4 Å². The number of amides is 1. The fourth-order valence-corrected chi connectivity index (χ4v) is 2.73. The van der Waals surface area contributed by atoms with Crippen molar-refractivity contribution in [2.24, 2.45) is 0 Å². The minimum Gasteiger partial charge on any atom is -0.480 e. The Morgan fingerprint density at radius 2 is 1.75 bits per heavy atom. The fourth-order valence-electron chi connectivity index (χ4n) is 2.73. The van der Waals surface area contributed by atoms with Crippen molar-refractivity contribution in [3.05, 3.63) is 77.2 Å². The van der Waals surface area contributed by atoms with Crippen LogP contribution in [-0.2, 0) is 9.53 Å². The van der Waals surface area contributed by atoms with Crippen molar-refractivity contribution in [1.29, 1.82) is 15.8 Å². The Balaban J connectivity index is 2.37. The van der Waals surface area contributed by atoms with E-state index >= 15 is 0 Å². The molecule has 0 fully saturated rings. The molecule has 0 aromatic heterocycles. The van der Waals surface area contributed by atoms with Gasteiger partial charge in [-0.2, -0.15) is 15.8 Å². The molecule has 0 spiro atoms. The number of benzene rings is 1. The van der Waals surface area contributed by atoms with Gasteiger partial charge in [0.25, 0.3) is 0 Å². The molecule has 1 heterocycles. The maximum absolute atomic E-state index is 11.9. The highest BCUT2D eigenvalue weighted by molar-refractivity contribution is 5.93. The van der Waals surface area contributed by atoms with Crippen molar-refractivity contribution >= 4 is 11.6 Å². The Hall–Kier alpha value is -4.08. The number of allylic oxidation sites excluding steroid dienone is 4. The van der Waals surface area contributed by atoms with Gasteiger partial charge in [0, 0.05) is 24.4 Å². The maximum atomic E-state index is 11.9. The van der Waals surface area contributed by atoms with E-state index < -0.39 is 5.60 Å². The second-order valence-electron chi connectivity index (χ2n) is 6.37. The molecule has 1 amide bonds. The van der Waals surface area contributed by atoms with Gasteiger partial charge in [-0.05, 0) is 32.1 Å². The van der Waals surface area contributed by atoms with Crippen LogP contribution in [0.1, 0.15) is 20.8 Å². The predicted octanol–water partition coefficient (Wildman–Crippen LogP) is 4.04. The summed E-state index contributed by atoms with van der Waals surface area (Å²) in [6, 6.07) is 14.7. The van der Waals surface area contributed by atoms with E-state index in [0.29, 0.717) is 5.57 Å². The van der Waals surface area contributed by atoms with E-state index in [4.69, 9.17) is 15.3 Å². The Kier molecular flexibility index (Phi) is 6.17. The summed E-state index contributed by atoms with van der Waals surface area (Å²) in [6.45, 7) is 4.96. The summed E-state index contributed by atoms with van der Waals surface area (Å²) < 4.78 is 5.69. The van der Waals surface area contributed by atoms with E-state index in [1.807, 2.05) is 36.4 Å². The molecule has 1 aromatic carbocycles. The average molecular weight is 370 g/mol. The first kappa shape index (κ1) is 20.2. The van der Waals surface area contributed by atoms with Gasteiger partial charge in [0.2, 0.25) is 5.91 Å². The highest BCUT2D eigenvalue weighted by Crippen LogP contribution is 2.40. The monoisotopic (exact) mass is 370 g/mol. The molecule has 28 heavy (non-hydrogen) atoms. The van der Waals surface area contributed by atoms with Crippen LogP contribution in [0.4, 0.5) is 5.69 Å². The SMILES string of the molecule is CC(=O)N(/C=C/C=C/C1=C(C#N)C(=C(C#N)C#N)OC1(C)C)c1ccccc1. The zero-order valence-electron chi connectivity index (χ0n) is 15.8. The smallest absolute Gasteiger partial charge is 0.227 e. The number of nitriles is 3. The minimum atomic E-state index is -0.872. The predicted molar refractivity (Wildman–Crippen MR) is 104 cm³/mol. The molecule has 6 nitrogen and oxygen atoms in total. The van der Waals surface area contributed by atoms with Crippen molar-refractivity contribution in [1.82, 2.24) is 0 Å². The topological polar surface area (TPSA) is 101 Å². The van der Waals surface area contributed by atoms with Gasteiger partial charge in [-0.3, -0.25) is 9.69 Å². The summed E-state index contributed by atoms with van der Waals surface area (Å²) in [6.07, 6.45) is 6.65. The van der Waals surface area contributed by atoms with E-state index in [1.165, 1.54) is 11.8 Å². The Bertz CT molecular complexity index is 1010. The minimum absolute atomic E-state index is 0.00391. The molecule has 0 radical (unpaired) electrons. The van der Waals surface area contributed by atoms with Gasteiger partial charge < -0.3 is 4.74 Å². The molecule has 0 bridgehead atoms. The number of nitrogens with zero attached hydrogens (tertiary/aromatic N) is 4. The molecule has 6 heteroatoms. The zero-order valence-corrected chi connectivity index (χ0v) is 15.8. The molecule has 0 aliphatic carbocycles. The fraction of sp³-hybridized carbons (Fsp3) is 0.182. The third-order valence-corrected chi connectivity index (χ3v) is 4.05. The normalized spacial score (nSPS) is 15.1. The number of para-hydroxylation sites is 1. The quantitative estimate of drug-likeness (QED) is 0.588. The molecular formula is C22H18N4O2. The summed E-state index contributed by atoms with van der Waals surface area (Å²) in [5.74, 6) is -0.147. The molecule has 1 aliphatic heterocycles. The summed E-state index contributed by atoms with van der Waals surface area (Å²) in [5.41, 5.74) is 0.323. The zero-order chi connectivity index (χ0) is 20.7. The molecule has 1 aliphatic rings. The van der Waals surface area contributed by atoms with Crippen LogP contribution in [-0.4, -0.2) is 11.5 Å². The molecule has 0 saturated carbocycles. The van der Waals surface area contributed by atoms with Crippen LogP contribution in [0.15, 0.2) is 77.2 Å². The van der Waals surface area contributed by atoms with Gasteiger partial charge in [0.05, 0.1) is 0 Å². The number of ether oxygens (including phenoxy) is 1. The van der Waals surface area contributed by atoms with Gasteiger partial charge in [-0.25, -0.2) is 0 Å². The average Bonchev–Trinajstić information content (AvgIpc) is 2.93. The van der Waals surface area contributed by atoms with Gasteiger partial charge in [0.1, 0.15) is 29.4 Å². The van der Waals surface area contributed by atoms with Crippen LogP contribution in [0, 0.1) is 34.0 Å². The van der Waals surface area contributed by atoms with E-state index in [-0.39, 0.29) is 22.8 Å². The first-order valence-corrected chi connectivity index (χ1v) is 8.44. The molecule has 0 saturated heterocycles. The van der Waals surface area contributed by atoms with Crippen molar-refractivity contribution in [3.63, 3.8) is 0 Å². The first-order valence-electron chi connectivity index (χ1n) is 8.44. The van der Waals surface area contributed by atoms with Crippen LogP contribution >= 0.6 is 0 Å². The third-order valence-electron chi connectivity index (χ3n) is 4.05. The highest BCUT2D eigenvalue weighted by atomic mass is 16.5. The maximum Gasteiger partial charge on any atom is 0.227 e. The summed E-state index contributed by atoms with van der Waals surface area (Å²) in [7, 11) is 0. The van der Waals surface area contributed by atoms with Gasteiger partial charge in [-0.15, -0.1) is 0 Å². The lowest BCUT2D eigenvalue weighted by Gasteiger charge is -2.20. The first-order chi connectivity index (χ1) is 13.4. The Labute approximate surface area is 164 Å². The van der Waals surface area contributed by atoms with Crippen LogP contribution in [0.2, 0.25) is 0 Å². The largest absolute Gasteiger partial charge is 0.480 e. The number of carbonyl (C=O) groups is 1. The summed E-state index contributed by atoms with van der Waals surface area (Å²) in [5, 5.41) is 27.7. The summed E-state index contributed by atoms with van der Waals surface area (Å²) in [4.78, 5) is 13.4. The molecule has 0 atom stereocenters. The lowest BCUT2D eigenvalue weighted by molar-refractivity contribution is -0.116. The molecule has 138 valence electrons. The van der Waals surface area contributed by atoms with Crippen molar-refractivity contribution < 1.29 is 9.53 Å². The highest BCUT2D eigenvalue weighted by Gasteiger charge is 2.38. The number of hydrogen-bond donors (Lipinski definition) is 0. The number of hydrogen-bond acceptors (Lipinski definition) is 5. The van der Waals surface area contributed by atoms with Crippen LogP contribution in [0.3, 0.4) is 0 Å². The standard InChI is InChI=1S/C22H18N4O2/c1-16(27)26(18-9-5-4-6-10-18)12-8-7-11-20-19(15-25)21(17(13-23)14-24)28-22(20,2)3/h4-12H,1-3H3/b11-7+,12-8+. The van der Waals surface area contributed by atoms with Crippen molar-refractivity contribution in [2.75, 3.05) is 4.90 Å². The van der Waals surface area contributed by atoms with Crippen molar-refractivity contribution in [3.8, 4) is 18.2 Å². The number of rotatable bonds is 4. The molecule has 2 rings (SSSR count). The number of carbonyl (C=O) groups excluding carboxylic acids is 1. The van der Waals surface area contributed by atoms with Crippen LogP contribution in [0.25, 0.3) is 0 Å². The Morgan fingerprint density at radius 3 is 2.29 bits per heavy atom. The van der Waals surface area contributed by atoms with E-state index in [2.05, 4.69) is 0 Å². The Morgan fingerprint density at radius 1 is 1.11 bits per heavy atom. The van der Waals surface area contributed by atoms with Gasteiger partial charge in [-0.1, -0.05) is 30.4 Å². The lowest BCUT2D eigenvalue weighted by Crippen LogP contribution is -2.21. The molecule has 0 unspecified atom stereocenters. The van der Waals surface area contributed by atoms with E-state index in [9.17, 15) is 10.1 Å². The van der Waals surface area contributed by atoms with E-state index in [1.54, 1.807) is 50.4 Å². The second kappa shape index (κ2) is 8.54. The lowest BCUT2D eigenvalue weighted by atomic mass is 9.95. The molecule has 0 N–H and O–H groups in total. The van der Waals surface area contributed by atoms with Crippen LogP contribution in [0.5, 0.6) is 0 Å². The van der Waals surface area contributed by atoms with Gasteiger partial charge >= 0.3 is 0 Å². The van der Waals surface area contributed by atoms with Gasteiger partial charge in [0.15, 0.2) is 11.3 Å². The second-order valence-corrected chi connectivity index (χ2v) is 6.37. The van der Waals surface area contributed by atoms with E-state index in [0.717, 1.165) is 5.69 Å². The third kappa shape index (κ3) is 4.18. The summed E-state index contributed by atoms with van der Waals surface area (Å²) >= 11 is 0. The number of anilines is 1. The molecular weight excluding hydrogens is 352 g/mol. The van der Waals surface area contributed by atoms with Crippen LogP contribution < -0.4 is 4.90 Å². The molecule has 1 aromatic rings.